The van der Waals surface area contributed by atoms with E-state index in [1.165, 1.54) is 45.6 Å². The van der Waals surface area contributed by atoms with Gasteiger partial charge >= 0.3 is 5.97 Å². The number of nitrogens with one attached hydrogen (secondary N) is 1. The lowest BCUT2D eigenvalue weighted by molar-refractivity contribution is 0.0601. The van der Waals surface area contributed by atoms with Gasteiger partial charge in [0.1, 0.15) is 0 Å². The molecule has 1 fully saturated rings. The van der Waals surface area contributed by atoms with Gasteiger partial charge in [-0.1, -0.05) is 26.2 Å². The van der Waals surface area contributed by atoms with Crippen LogP contribution < -0.4 is 5.32 Å². The smallest absolute Gasteiger partial charge is 0.337 e. The lowest BCUT2D eigenvalue weighted by atomic mass is 9.98. The van der Waals surface area contributed by atoms with Crippen molar-refractivity contribution in [3.63, 3.8) is 0 Å². The first-order valence-corrected chi connectivity index (χ1v) is 7.67. The van der Waals surface area contributed by atoms with Gasteiger partial charge < -0.3 is 10.1 Å². The van der Waals surface area contributed by atoms with Crippen molar-refractivity contribution < 1.29 is 9.53 Å². The largest absolute Gasteiger partial charge is 0.465 e. The molecule has 0 bridgehead atoms. The Morgan fingerprint density at radius 2 is 1.95 bits per heavy atom. The number of hydrogen-bond acceptors (Lipinski definition) is 3. The van der Waals surface area contributed by atoms with E-state index in [0.717, 1.165) is 11.6 Å². The zero-order chi connectivity index (χ0) is 14.4. The second-order valence-electron chi connectivity index (χ2n) is 5.69. The van der Waals surface area contributed by atoms with E-state index in [1.807, 2.05) is 24.3 Å². The molecule has 2 atom stereocenters. The fourth-order valence-electron chi connectivity index (χ4n) is 2.99. The molecule has 1 aromatic rings. The second kappa shape index (κ2) is 7.32. The Hall–Kier alpha value is -1.51. The first kappa shape index (κ1) is 14.9. The monoisotopic (exact) mass is 275 g/mol. The maximum atomic E-state index is 11.4. The molecule has 0 spiro atoms. The van der Waals surface area contributed by atoms with Crippen molar-refractivity contribution in [2.75, 3.05) is 12.4 Å². The SMILES string of the molecule is CCC1CCCC(Nc2ccc(C(=O)OC)cc2)CC1. The van der Waals surface area contributed by atoms with E-state index >= 15 is 0 Å². The van der Waals surface area contributed by atoms with E-state index in [2.05, 4.69) is 12.2 Å². The highest BCUT2D eigenvalue weighted by Gasteiger charge is 2.17. The Balaban J connectivity index is 1.91. The molecule has 3 nitrogen and oxygen atoms in total. The lowest BCUT2D eigenvalue weighted by Gasteiger charge is -2.18. The molecule has 0 amide bonds. The Kier molecular flexibility index (Phi) is 5.45. The molecule has 0 radical (unpaired) electrons. The third-order valence-corrected chi connectivity index (χ3v) is 4.34. The van der Waals surface area contributed by atoms with Crippen molar-refractivity contribution in [3.8, 4) is 0 Å². The Morgan fingerprint density at radius 3 is 2.60 bits per heavy atom. The predicted octanol–water partition coefficient (Wildman–Crippen LogP) is 4.24. The summed E-state index contributed by atoms with van der Waals surface area (Å²) >= 11 is 0. The van der Waals surface area contributed by atoms with Crippen molar-refractivity contribution in [2.24, 2.45) is 5.92 Å². The summed E-state index contributed by atoms with van der Waals surface area (Å²) in [5.74, 6) is 0.625. The predicted molar refractivity (Wildman–Crippen MR) is 82.1 cm³/mol. The van der Waals surface area contributed by atoms with Gasteiger partial charge in [-0.2, -0.15) is 0 Å². The third kappa shape index (κ3) is 3.99. The molecule has 2 unspecified atom stereocenters. The fourth-order valence-corrected chi connectivity index (χ4v) is 2.99. The summed E-state index contributed by atoms with van der Waals surface area (Å²) in [7, 11) is 1.41. The molecule has 1 aliphatic rings. The topological polar surface area (TPSA) is 38.3 Å². The van der Waals surface area contributed by atoms with E-state index in [4.69, 9.17) is 4.74 Å². The number of methoxy groups -OCH3 is 1. The zero-order valence-electron chi connectivity index (χ0n) is 12.5. The van der Waals surface area contributed by atoms with Gasteiger partial charge in [0.25, 0.3) is 0 Å². The van der Waals surface area contributed by atoms with E-state index in [1.54, 1.807) is 0 Å². The summed E-state index contributed by atoms with van der Waals surface area (Å²) in [5.41, 5.74) is 1.70. The molecule has 0 heterocycles. The van der Waals surface area contributed by atoms with Crippen LogP contribution in [0.5, 0.6) is 0 Å². The highest BCUT2D eigenvalue weighted by Crippen LogP contribution is 2.27. The van der Waals surface area contributed by atoms with Crippen LogP contribution in [-0.4, -0.2) is 19.1 Å². The number of benzene rings is 1. The maximum Gasteiger partial charge on any atom is 0.337 e. The van der Waals surface area contributed by atoms with Gasteiger partial charge in [0.2, 0.25) is 0 Å². The molecule has 1 aromatic carbocycles. The quantitative estimate of drug-likeness (QED) is 0.659. The number of anilines is 1. The molecule has 110 valence electrons. The van der Waals surface area contributed by atoms with Crippen molar-refractivity contribution in [3.05, 3.63) is 29.8 Å². The van der Waals surface area contributed by atoms with E-state index in [-0.39, 0.29) is 5.97 Å². The van der Waals surface area contributed by atoms with Crippen LogP contribution >= 0.6 is 0 Å². The van der Waals surface area contributed by atoms with Gasteiger partial charge in [-0.05, 0) is 49.4 Å². The molecule has 3 heteroatoms. The molecule has 0 saturated heterocycles. The minimum Gasteiger partial charge on any atom is -0.465 e. The zero-order valence-corrected chi connectivity index (χ0v) is 12.5. The summed E-state index contributed by atoms with van der Waals surface area (Å²) < 4.78 is 4.71. The fraction of sp³-hybridized carbons (Fsp3) is 0.588. The van der Waals surface area contributed by atoms with Gasteiger partial charge in [0.05, 0.1) is 12.7 Å². The van der Waals surface area contributed by atoms with Crippen LogP contribution in [0.15, 0.2) is 24.3 Å². The van der Waals surface area contributed by atoms with Gasteiger partial charge in [-0.25, -0.2) is 4.79 Å². The number of ether oxygens (including phenoxy) is 1. The first-order chi connectivity index (χ1) is 9.72. The van der Waals surface area contributed by atoms with Crippen molar-refractivity contribution in [2.45, 2.75) is 51.5 Å². The summed E-state index contributed by atoms with van der Waals surface area (Å²) in [6.07, 6.45) is 7.81. The van der Waals surface area contributed by atoms with Crippen LogP contribution in [0.4, 0.5) is 5.69 Å². The van der Waals surface area contributed by atoms with Crippen molar-refractivity contribution in [1.82, 2.24) is 0 Å². The minimum atomic E-state index is -0.281. The van der Waals surface area contributed by atoms with Gasteiger partial charge in [0.15, 0.2) is 0 Å². The first-order valence-electron chi connectivity index (χ1n) is 7.67. The van der Waals surface area contributed by atoms with Crippen LogP contribution in [0.1, 0.15) is 55.8 Å². The highest BCUT2D eigenvalue weighted by molar-refractivity contribution is 5.89. The molecule has 0 aromatic heterocycles. The van der Waals surface area contributed by atoms with Crippen LogP contribution in [0, 0.1) is 5.92 Å². The van der Waals surface area contributed by atoms with Crippen LogP contribution in [0.3, 0.4) is 0 Å². The molecule has 1 saturated carbocycles. The molecular formula is C17H25NO2. The average Bonchev–Trinajstić information content (AvgIpc) is 2.72. The van der Waals surface area contributed by atoms with Crippen LogP contribution in [0.25, 0.3) is 0 Å². The number of carbonyl (C=O) groups excluding carboxylic acids is 1. The maximum absolute atomic E-state index is 11.4. The summed E-state index contributed by atoms with van der Waals surface area (Å²) in [5, 5.41) is 3.60. The standard InChI is InChI=1S/C17H25NO2/c1-3-13-5-4-6-15(10-7-13)18-16-11-8-14(9-12-16)17(19)20-2/h8-9,11-13,15,18H,3-7,10H2,1-2H3. The Labute approximate surface area is 121 Å². The van der Waals surface area contributed by atoms with Gasteiger partial charge in [-0.3, -0.25) is 0 Å². The van der Waals surface area contributed by atoms with E-state index in [9.17, 15) is 4.79 Å². The Bertz CT molecular complexity index is 427. The lowest BCUT2D eigenvalue weighted by Crippen LogP contribution is -2.18. The van der Waals surface area contributed by atoms with Gasteiger partial charge in [0, 0.05) is 11.7 Å². The van der Waals surface area contributed by atoms with Gasteiger partial charge in [-0.15, -0.1) is 0 Å². The second-order valence-corrected chi connectivity index (χ2v) is 5.69. The normalized spacial score (nSPS) is 22.9. The average molecular weight is 275 g/mol. The third-order valence-electron chi connectivity index (χ3n) is 4.34. The van der Waals surface area contributed by atoms with E-state index < -0.39 is 0 Å². The Morgan fingerprint density at radius 1 is 1.20 bits per heavy atom. The molecule has 1 aliphatic carbocycles. The number of carbonyl (C=O) groups is 1. The summed E-state index contributed by atoms with van der Waals surface area (Å²) in [4.78, 5) is 11.4. The number of hydrogen-bond donors (Lipinski definition) is 1. The molecule has 20 heavy (non-hydrogen) atoms. The summed E-state index contributed by atoms with van der Waals surface area (Å²) in [6.45, 7) is 2.30. The highest BCUT2D eigenvalue weighted by atomic mass is 16.5. The number of rotatable bonds is 4. The van der Waals surface area contributed by atoms with Crippen LogP contribution in [0.2, 0.25) is 0 Å². The van der Waals surface area contributed by atoms with Crippen molar-refractivity contribution in [1.29, 1.82) is 0 Å². The summed E-state index contributed by atoms with van der Waals surface area (Å²) in [6, 6.07) is 8.14. The van der Waals surface area contributed by atoms with Crippen molar-refractivity contribution >= 4 is 11.7 Å². The van der Waals surface area contributed by atoms with E-state index in [0.29, 0.717) is 11.6 Å². The molecule has 1 N–H and O–H groups in total. The molecular weight excluding hydrogens is 250 g/mol. The molecule has 2 rings (SSSR count). The van der Waals surface area contributed by atoms with Crippen LogP contribution in [-0.2, 0) is 4.74 Å². The minimum absolute atomic E-state index is 0.281. The molecule has 0 aliphatic heterocycles. The number of esters is 1.